The molecule has 0 aromatic carbocycles. The predicted molar refractivity (Wildman–Crippen MR) is 68.5 cm³/mol. The van der Waals surface area contributed by atoms with Crippen molar-refractivity contribution < 1.29 is 9.90 Å². The summed E-state index contributed by atoms with van der Waals surface area (Å²) in [6, 6.07) is 5.58. The highest BCUT2D eigenvalue weighted by Gasteiger charge is 2.17. The van der Waals surface area contributed by atoms with Gasteiger partial charge in [-0.15, -0.1) is 0 Å². The van der Waals surface area contributed by atoms with E-state index in [1.165, 1.54) is 0 Å². The van der Waals surface area contributed by atoms with E-state index in [0.29, 0.717) is 18.8 Å². The van der Waals surface area contributed by atoms with Crippen LogP contribution in [0.1, 0.15) is 24.3 Å². The van der Waals surface area contributed by atoms with E-state index in [2.05, 4.69) is 4.98 Å². The first-order valence-electron chi connectivity index (χ1n) is 6.02. The molecule has 0 saturated heterocycles. The number of amides is 1. The third-order valence-corrected chi connectivity index (χ3v) is 2.79. The summed E-state index contributed by atoms with van der Waals surface area (Å²) in [5, 5.41) is 9.37. The van der Waals surface area contributed by atoms with Crippen molar-refractivity contribution in [3.8, 4) is 0 Å². The Labute approximate surface area is 106 Å². The molecule has 0 bridgehead atoms. The highest BCUT2D eigenvalue weighted by atomic mass is 16.3. The number of carbonyl (C=O) groups is 1. The van der Waals surface area contributed by atoms with Gasteiger partial charge in [0.25, 0.3) is 5.91 Å². The quantitative estimate of drug-likeness (QED) is 0.882. The number of aliphatic hydroxyl groups is 1. The van der Waals surface area contributed by atoms with Gasteiger partial charge in [-0.1, -0.05) is 0 Å². The minimum atomic E-state index is -0.536. The Morgan fingerprint density at radius 2 is 2.39 bits per heavy atom. The molecule has 0 saturated carbocycles. The molecule has 0 aliphatic heterocycles. The second-order valence-electron chi connectivity index (χ2n) is 4.31. The Morgan fingerprint density at radius 1 is 1.61 bits per heavy atom. The van der Waals surface area contributed by atoms with Gasteiger partial charge in [-0.2, -0.15) is 0 Å². The number of aliphatic hydroxyl groups excluding tert-OH is 1. The van der Waals surface area contributed by atoms with Gasteiger partial charge in [0, 0.05) is 24.8 Å². The van der Waals surface area contributed by atoms with Crippen LogP contribution in [-0.4, -0.2) is 44.5 Å². The molecule has 0 fully saturated rings. The highest BCUT2D eigenvalue weighted by molar-refractivity contribution is 5.93. The first kappa shape index (κ1) is 12.6. The standard InChI is InChI=1S/C13H17N3O2/c1-3-15(8-10(2)17)13(18)12-7-11-5-4-6-16(11)9-14-12/h4-7,9-10,17H,3,8H2,1-2H3/t10-/m0/s1. The van der Waals surface area contributed by atoms with Crippen LogP contribution < -0.4 is 0 Å². The molecule has 0 aliphatic rings. The van der Waals surface area contributed by atoms with Crippen LogP contribution in [0.2, 0.25) is 0 Å². The fraction of sp³-hybridized carbons (Fsp3) is 0.385. The van der Waals surface area contributed by atoms with E-state index in [1.807, 2.05) is 29.7 Å². The minimum Gasteiger partial charge on any atom is -0.392 e. The van der Waals surface area contributed by atoms with Crippen LogP contribution in [0.15, 0.2) is 30.7 Å². The smallest absolute Gasteiger partial charge is 0.272 e. The number of hydrogen-bond acceptors (Lipinski definition) is 3. The van der Waals surface area contributed by atoms with E-state index >= 15 is 0 Å². The van der Waals surface area contributed by atoms with E-state index in [1.54, 1.807) is 24.2 Å². The monoisotopic (exact) mass is 247 g/mol. The summed E-state index contributed by atoms with van der Waals surface area (Å²) >= 11 is 0. The fourth-order valence-electron chi connectivity index (χ4n) is 1.89. The number of hydrogen-bond donors (Lipinski definition) is 1. The average molecular weight is 247 g/mol. The van der Waals surface area contributed by atoms with Crippen molar-refractivity contribution in [3.63, 3.8) is 0 Å². The minimum absolute atomic E-state index is 0.151. The maximum Gasteiger partial charge on any atom is 0.272 e. The predicted octanol–water partition coefficient (Wildman–Crippen LogP) is 1.18. The highest BCUT2D eigenvalue weighted by Crippen LogP contribution is 2.08. The lowest BCUT2D eigenvalue weighted by atomic mass is 10.3. The zero-order chi connectivity index (χ0) is 13.1. The number of fused-ring (bicyclic) bond motifs is 1. The molecule has 5 heteroatoms. The number of aromatic nitrogens is 2. The van der Waals surface area contributed by atoms with Crippen molar-refractivity contribution in [2.24, 2.45) is 0 Å². The number of rotatable bonds is 4. The Kier molecular flexibility index (Phi) is 3.62. The van der Waals surface area contributed by atoms with Crippen molar-refractivity contribution in [1.29, 1.82) is 0 Å². The molecule has 0 radical (unpaired) electrons. The van der Waals surface area contributed by atoms with Gasteiger partial charge < -0.3 is 14.4 Å². The molecule has 1 N–H and O–H groups in total. The number of carbonyl (C=O) groups excluding carboxylic acids is 1. The lowest BCUT2D eigenvalue weighted by molar-refractivity contribution is 0.0654. The van der Waals surface area contributed by atoms with Crippen LogP contribution in [0.25, 0.3) is 5.52 Å². The summed E-state index contributed by atoms with van der Waals surface area (Å²) in [7, 11) is 0. The van der Waals surface area contributed by atoms with Crippen LogP contribution in [0.3, 0.4) is 0 Å². The van der Waals surface area contributed by atoms with Gasteiger partial charge in [0.05, 0.1) is 12.4 Å². The lowest BCUT2D eigenvalue weighted by Crippen LogP contribution is -2.36. The van der Waals surface area contributed by atoms with Crippen molar-refractivity contribution in [1.82, 2.24) is 14.3 Å². The van der Waals surface area contributed by atoms with E-state index in [-0.39, 0.29) is 5.91 Å². The van der Waals surface area contributed by atoms with Gasteiger partial charge >= 0.3 is 0 Å². The summed E-state index contributed by atoms with van der Waals surface area (Å²) in [4.78, 5) is 18.0. The van der Waals surface area contributed by atoms with E-state index in [9.17, 15) is 9.90 Å². The zero-order valence-corrected chi connectivity index (χ0v) is 10.6. The molecule has 2 rings (SSSR count). The number of nitrogens with zero attached hydrogens (tertiary/aromatic N) is 3. The van der Waals surface area contributed by atoms with Crippen molar-refractivity contribution in [3.05, 3.63) is 36.4 Å². The summed E-state index contributed by atoms with van der Waals surface area (Å²) < 4.78 is 1.85. The molecule has 1 atom stereocenters. The van der Waals surface area contributed by atoms with E-state index in [0.717, 1.165) is 5.52 Å². The fourth-order valence-corrected chi connectivity index (χ4v) is 1.89. The van der Waals surface area contributed by atoms with Gasteiger partial charge in [0.1, 0.15) is 5.69 Å². The van der Waals surface area contributed by atoms with Crippen LogP contribution in [0.4, 0.5) is 0 Å². The van der Waals surface area contributed by atoms with Gasteiger partial charge in [0.2, 0.25) is 0 Å². The topological polar surface area (TPSA) is 57.8 Å². The van der Waals surface area contributed by atoms with Gasteiger partial charge in [-0.25, -0.2) is 4.98 Å². The largest absolute Gasteiger partial charge is 0.392 e. The zero-order valence-electron chi connectivity index (χ0n) is 10.6. The molecule has 18 heavy (non-hydrogen) atoms. The van der Waals surface area contributed by atoms with E-state index in [4.69, 9.17) is 0 Å². The molecular formula is C13H17N3O2. The Bertz CT molecular complexity index is 548. The molecular weight excluding hydrogens is 230 g/mol. The van der Waals surface area contributed by atoms with Gasteiger partial charge in [0.15, 0.2) is 0 Å². The second kappa shape index (κ2) is 5.18. The molecule has 2 aromatic heterocycles. The summed E-state index contributed by atoms with van der Waals surface area (Å²) in [6.45, 7) is 4.43. The molecule has 0 unspecified atom stereocenters. The van der Waals surface area contributed by atoms with Crippen LogP contribution in [0, 0.1) is 0 Å². The van der Waals surface area contributed by atoms with Gasteiger partial charge in [-0.05, 0) is 32.0 Å². The Balaban J connectivity index is 2.25. The molecule has 2 heterocycles. The number of likely N-dealkylation sites (N-methyl/N-ethyl adjacent to an activating group) is 1. The molecule has 96 valence electrons. The molecule has 1 amide bonds. The van der Waals surface area contributed by atoms with Crippen molar-refractivity contribution in [2.75, 3.05) is 13.1 Å². The molecule has 0 spiro atoms. The molecule has 2 aromatic rings. The normalized spacial score (nSPS) is 12.6. The van der Waals surface area contributed by atoms with Crippen molar-refractivity contribution in [2.45, 2.75) is 20.0 Å². The first-order valence-corrected chi connectivity index (χ1v) is 6.02. The Morgan fingerprint density at radius 3 is 3.06 bits per heavy atom. The van der Waals surface area contributed by atoms with Gasteiger partial charge in [-0.3, -0.25) is 4.79 Å². The first-order chi connectivity index (χ1) is 8.61. The van der Waals surface area contributed by atoms with Crippen molar-refractivity contribution >= 4 is 11.4 Å². The lowest BCUT2D eigenvalue weighted by Gasteiger charge is -2.21. The second-order valence-corrected chi connectivity index (χ2v) is 4.31. The SMILES string of the molecule is CCN(C[C@H](C)O)C(=O)c1cc2cccn2cn1. The molecule has 0 aliphatic carbocycles. The van der Waals surface area contributed by atoms with Crippen LogP contribution in [-0.2, 0) is 0 Å². The van der Waals surface area contributed by atoms with Crippen LogP contribution in [0.5, 0.6) is 0 Å². The van der Waals surface area contributed by atoms with E-state index < -0.39 is 6.10 Å². The molecule has 5 nitrogen and oxygen atoms in total. The summed E-state index contributed by atoms with van der Waals surface area (Å²) in [6.07, 6.45) is 2.97. The Hall–Kier alpha value is -1.88. The average Bonchev–Trinajstić information content (AvgIpc) is 2.81. The maximum absolute atomic E-state index is 12.2. The third-order valence-electron chi connectivity index (χ3n) is 2.79. The maximum atomic E-state index is 12.2. The third kappa shape index (κ3) is 2.51. The van der Waals surface area contributed by atoms with Crippen LogP contribution >= 0.6 is 0 Å². The summed E-state index contributed by atoms with van der Waals surface area (Å²) in [5.41, 5.74) is 1.34. The summed E-state index contributed by atoms with van der Waals surface area (Å²) in [5.74, 6) is -0.151.